The van der Waals surface area contributed by atoms with Crippen molar-refractivity contribution in [2.45, 2.75) is 0 Å². The molecular formula is C3H2O6S. The van der Waals surface area contributed by atoms with Gasteiger partial charge in [0.15, 0.2) is 0 Å². The Morgan fingerprint density at radius 2 is 1.70 bits per heavy atom. The van der Waals surface area contributed by atoms with Crippen molar-refractivity contribution in [2.75, 3.05) is 0 Å². The molecule has 0 aromatic rings. The average molecular weight is 166 g/mol. The van der Waals surface area contributed by atoms with Crippen LogP contribution < -0.4 is 0 Å². The van der Waals surface area contributed by atoms with E-state index in [1.807, 2.05) is 0 Å². The van der Waals surface area contributed by atoms with Crippen molar-refractivity contribution in [3.05, 3.63) is 0 Å². The van der Waals surface area contributed by atoms with Gasteiger partial charge in [0.05, 0.1) is 0 Å². The normalized spacial score (nSPS) is 8.00. The van der Waals surface area contributed by atoms with Crippen molar-refractivity contribution >= 4 is 29.8 Å². The van der Waals surface area contributed by atoms with Gasteiger partial charge in [-0.15, -0.1) is 0 Å². The first-order valence-electron chi connectivity index (χ1n) is 1.88. The Kier molecular flexibility index (Phi) is 3.12. The maximum atomic E-state index is 9.99. The zero-order chi connectivity index (χ0) is 8.15. The van der Waals surface area contributed by atoms with Crippen LogP contribution in [0.15, 0.2) is 0 Å². The largest absolute Gasteiger partial charge is 0.527 e. The van der Waals surface area contributed by atoms with Crippen molar-refractivity contribution in [3.8, 4) is 0 Å². The molecule has 0 aliphatic heterocycles. The van der Waals surface area contributed by atoms with Crippen LogP contribution in [0.25, 0.3) is 0 Å². The summed E-state index contributed by atoms with van der Waals surface area (Å²) in [7, 11) is 0. The smallest absolute Gasteiger partial charge is 0.472 e. The first kappa shape index (κ1) is 8.63. The first-order valence-corrected chi connectivity index (χ1v) is 2.28. The highest BCUT2D eigenvalue weighted by Gasteiger charge is 2.11. The SMILES string of the molecule is O=C(O)OC(=O)OC(O)=S. The number of thiocarbonyl (C=S) groups is 1. The summed E-state index contributed by atoms with van der Waals surface area (Å²) in [5, 5.41) is 14.7. The number of hydrogen-bond donors (Lipinski definition) is 2. The molecule has 0 aliphatic rings. The van der Waals surface area contributed by atoms with E-state index in [1.165, 1.54) is 0 Å². The fourth-order valence-electron chi connectivity index (χ4n) is 0.163. The Hall–Kier alpha value is -1.37. The molecule has 0 saturated carbocycles. The Bertz CT molecular complexity index is 156. The molecule has 0 atom stereocenters. The molecule has 7 heteroatoms. The molecule has 0 amide bonds. The van der Waals surface area contributed by atoms with E-state index in [0.717, 1.165) is 0 Å². The van der Waals surface area contributed by atoms with Gasteiger partial charge in [0, 0.05) is 12.2 Å². The van der Waals surface area contributed by atoms with Gasteiger partial charge >= 0.3 is 17.5 Å². The lowest BCUT2D eigenvalue weighted by Crippen LogP contribution is -2.14. The molecule has 0 heterocycles. The van der Waals surface area contributed by atoms with Gasteiger partial charge in [-0.3, -0.25) is 0 Å². The van der Waals surface area contributed by atoms with Crippen LogP contribution in [0.2, 0.25) is 0 Å². The number of aliphatic hydroxyl groups is 1. The predicted octanol–water partition coefficient (Wildman–Crippen LogP) is 0.660. The third-order valence-electron chi connectivity index (χ3n) is 0.341. The lowest BCUT2D eigenvalue weighted by molar-refractivity contribution is 0.0782. The van der Waals surface area contributed by atoms with Crippen LogP contribution in [-0.2, 0) is 9.47 Å². The van der Waals surface area contributed by atoms with Crippen LogP contribution in [0.3, 0.4) is 0 Å². The molecule has 0 radical (unpaired) electrons. The number of carbonyl (C=O) groups is 2. The predicted molar refractivity (Wildman–Crippen MR) is 30.8 cm³/mol. The van der Waals surface area contributed by atoms with E-state index in [4.69, 9.17) is 10.2 Å². The van der Waals surface area contributed by atoms with Crippen LogP contribution in [0.5, 0.6) is 0 Å². The van der Waals surface area contributed by atoms with Gasteiger partial charge in [-0.25, -0.2) is 9.59 Å². The van der Waals surface area contributed by atoms with Gasteiger partial charge < -0.3 is 19.7 Å². The minimum absolute atomic E-state index is 1.09. The number of ether oxygens (including phenoxy) is 2. The number of rotatable bonds is 0. The van der Waals surface area contributed by atoms with Crippen LogP contribution in [0.1, 0.15) is 0 Å². The second-order valence-corrected chi connectivity index (χ2v) is 1.34. The van der Waals surface area contributed by atoms with E-state index in [-0.39, 0.29) is 0 Å². The standard InChI is InChI=1S/C3H2O6S/c4-1(5)8-2(6)9-3(7)10/h(H,4,5)(H,7,10). The number of aliphatic hydroxyl groups excluding tert-OH is 1. The second kappa shape index (κ2) is 3.62. The maximum Gasteiger partial charge on any atom is 0.527 e. The molecule has 56 valence electrons. The van der Waals surface area contributed by atoms with Crippen molar-refractivity contribution in [1.29, 1.82) is 0 Å². The Morgan fingerprint density at radius 3 is 2.00 bits per heavy atom. The summed E-state index contributed by atoms with van der Waals surface area (Å²) in [4.78, 5) is 19.5. The highest BCUT2D eigenvalue weighted by molar-refractivity contribution is 7.79. The number of carboxylic acid groups (broad SMARTS) is 1. The topological polar surface area (TPSA) is 93.1 Å². The Balaban J connectivity index is 3.65. The van der Waals surface area contributed by atoms with Crippen LogP contribution in [-0.4, -0.2) is 27.8 Å². The fraction of sp³-hybridized carbons (Fsp3) is 0. The third-order valence-corrected chi connectivity index (χ3v) is 0.425. The van der Waals surface area contributed by atoms with Crippen molar-refractivity contribution < 1.29 is 29.3 Å². The molecule has 0 rings (SSSR count). The van der Waals surface area contributed by atoms with Gasteiger partial charge in [0.2, 0.25) is 0 Å². The van der Waals surface area contributed by atoms with Gasteiger partial charge in [0.1, 0.15) is 0 Å². The minimum atomic E-state index is -1.83. The van der Waals surface area contributed by atoms with E-state index in [1.54, 1.807) is 0 Å². The Morgan fingerprint density at radius 1 is 1.20 bits per heavy atom. The zero-order valence-corrected chi connectivity index (χ0v) is 5.25. The van der Waals surface area contributed by atoms with Gasteiger partial charge in [-0.05, 0) is 0 Å². The van der Waals surface area contributed by atoms with Crippen LogP contribution in [0.4, 0.5) is 9.59 Å². The lowest BCUT2D eigenvalue weighted by Gasteiger charge is -1.95. The maximum absolute atomic E-state index is 9.99. The summed E-state index contributed by atoms with van der Waals surface area (Å²) in [6, 6.07) is 0. The van der Waals surface area contributed by atoms with Gasteiger partial charge in [-0.2, -0.15) is 0 Å². The van der Waals surface area contributed by atoms with E-state index < -0.39 is 17.5 Å². The molecule has 10 heavy (non-hydrogen) atoms. The summed E-state index contributed by atoms with van der Waals surface area (Å²) in [6.45, 7) is 0. The molecular weight excluding hydrogens is 164 g/mol. The fourth-order valence-corrected chi connectivity index (χ4v) is 0.231. The molecule has 0 bridgehead atoms. The molecule has 0 spiro atoms. The first-order chi connectivity index (χ1) is 4.52. The zero-order valence-electron chi connectivity index (χ0n) is 4.44. The molecule has 6 nitrogen and oxygen atoms in total. The highest BCUT2D eigenvalue weighted by Crippen LogP contribution is 1.86. The van der Waals surface area contributed by atoms with Crippen LogP contribution in [0, 0.1) is 0 Å². The molecule has 0 unspecified atom stereocenters. The summed E-state index contributed by atoms with van der Waals surface area (Å²) in [5.41, 5.74) is 0. The highest BCUT2D eigenvalue weighted by atomic mass is 32.1. The summed E-state index contributed by atoms with van der Waals surface area (Å²) in [6.07, 6.45) is -3.42. The second-order valence-electron chi connectivity index (χ2n) is 0.986. The van der Waals surface area contributed by atoms with Crippen molar-refractivity contribution in [3.63, 3.8) is 0 Å². The van der Waals surface area contributed by atoms with E-state index in [2.05, 4.69) is 21.7 Å². The van der Waals surface area contributed by atoms with E-state index in [9.17, 15) is 9.59 Å². The molecule has 2 N–H and O–H groups in total. The Labute approximate surface area is 60.0 Å². The average Bonchev–Trinajstić information content (AvgIpc) is 1.58. The molecule has 0 aromatic heterocycles. The number of carbonyl (C=O) groups excluding carboxylic acids is 1. The molecule has 0 saturated heterocycles. The van der Waals surface area contributed by atoms with Crippen molar-refractivity contribution in [1.82, 2.24) is 0 Å². The van der Waals surface area contributed by atoms with Crippen LogP contribution >= 0.6 is 12.2 Å². The molecule has 0 aromatic carbocycles. The van der Waals surface area contributed by atoms with Gasteiger partial charge in [0.25, 0.3) is 0 Å². The molecule has 0 aliphatic carbocycles. The van der Waals surface area contributed by atoms with Gasteiger partial charge in [-0.1, -0.05) is 0 Å². The van der Waals surface area contributed by atoms with E-state index >= 15 is 0 Å². The quantitative estimate of drug-likeness (QED) is 0.310. The monoisotopic (exact) mass is 166 g/mol. The third kappa shape index (κ3) is 4.78. The summed E-state index contributed by atoms with van der Waals surface area (Å²) in [5.74, 6) is 0. The lowest BCUT2D eigenvalue weighted by atomic mass is 11.2. The van der Waals surface area contributed by atoms with Crippen molar-refractivity contribution in [2.24, 2.45) is 0 Å². The molecule has 0 fully saturated rings. The number of hydrogen-bond acceptors (Lipinski definition) is 5. The minimum Gasteiger partial charge on any atom is -0.472 e. The summed E-state index contributed by atoms with van der Waals surface area (Å²) < 4.78 is 6.98. The van der Waals surface area contributed by atoms with E-state index in [0.29, 0.717) is 0 Å². The summed E-state index contributed by atoms with van der Waals surface area (Å²) >= 11 is 3.86.